The highest BCUT2D eigenvalue weighted by molar-refractivity contribution is 8.23. The van der Waals surface area contributed by atoms with Gasteiger partial charge in [-0.15, -0.1) is 0 Å². The molecule has 3 N–H and O–H groups in total. The second-order valence-electron chi connectivity index (χ2n) is 3.12. The van der Waals surface area contributed by atoms with E-state index in [0.717, 1.165) is 13.0 Å². The molecular weight excluding hydrogens is 248 g/mol. The molecule has 0 heterocycles. The molecule has 5 nitrogen and oxygen atoms in total. The molecular formula is C9H16N2O3S2. The van der Waals surface area contributed by atoms with Crippen LogP contribution in [0.25, 0.3) is 0 Å². The van der Waals surface area contributed by atoms with Gasteiger partial charge in [-0.25, -0.2) is 4.79 Å². The lowest BCUT2D eigenvalue weighted by Crippen LogP contribution is -2.42. The molecule has 0 spiro atoms. The number of amides is 1. The van der Waals surface area contributed by atoms with Gasteiger partial charge in [-0.05, 0) is 6.42 Å². The van der Waals surface area contributed by atoms with Crippen LogP contribution in [-0.4, -0.2) is 39.6 Å². The van der Waals surface area contributed by atoms with Gasteiger partial charge in [0.05, 0.1) is 0 Å². The average Bonchev–Trinajstić information content (AvgIpc) is 2.20. The normalized spacial score (nSPS) is 11.6. The van der Waals surface area contributed by atoms with Gasteiger partial charge < -0.3 is 15.7 Å². The van der Waals surface area contributed by atoms with Crippen molar-refractivity contribution < 1.29 is 14.7 Å². The molecule has 0 radical (unpaired) electrons. The zero-order chi connectivity index (χ0) is 12.6. The number of carbonyl (C=O) groups is 2. The third-order valence-electron chi connectivity index (χ3n) is 1.58. The van der Waals surface area contributed by atoms with Gasteiger partial charge in [0.1, 0.15) is 10.4 Å². The second-order valence-corrected chi connectivity index (χ2v) is 4.81. The van der Waals surface area contributed by atoms with Gasteiger partial charge in [-0.1, -0.05) is 30.9 Å². The van der Waals surface area contributed by atoms with E-state index in [1.54, 1.807) is 0 Å². The first-order chi connectivity index (χ1) is 7.47. The number of aliphatic carboxylic acids is 1. The molecule has 0 aromatic carbocycles. The fourth-order valence-corrected chi connectivity index (χ4v) is 1.91. The Kier molecular flexibility index (Phi) is 7.92. The van der Waals surface area contributed by atoms with E-state index in [4.69, 9.17) is 17.3 Å². The summed E-state index contributed by atoms with van der Waals surface area (Å²) in [5, 5.41) is 14.1. The molecule has 0 rings (SSSR count). The van der Waals surface area contributed by atoms with E-state index in [1.807, 2.05) is 6.92 Å². The Labute approximate surface area is 104 Å². The fraction of sp³-hybridized carbons (Fsp3) is 0.667. The largest absolute Gasteiger partial charge is 0.480 e. The number of carboxylic acid groups (broad SMARTS) is 1. The number of rotatable bonds is 6. The Morgan fingerprint density at radius 2 is 2.12 bits per heavy atom. The van der Waals surface area contributed by atoms with Crippen LogP contribution >= 0.6 is 24.0 Å². The first-order valence-corrected chi connectivity index (χ1v) is 6.27. The van der Waals surface area contributed by atoms with Crippen molar-refractivity contribution in [1.29, 1.82) is 0 Å². The molecule has 0 unspecified atom stereocenters. The quantitative estimate of drug-likeness (QED) is 0.610. The number of thioether (sulfide) groups is 1. The van der Waals surface area contributed by atoms with Crippen molar-refractivity contribution in [2.75, 3.05) is 12.3 Å². The van der Waals surface area contributed by atoms with Crippen LogP contribution in [-0.2, 0) is 9.59 Å². The molecule has 0 saturated heterocycles. The summed E-state index contributed by atoms with van der Waals surface area (Å²) < 4.78 is 0.554. The van der Waals surface area contributed by atoms with E-state index in [9.17, 15) is 9.59 Å². The molecule has 1 amide bonds. The Balaban J connectivity index is 3.97. The maximum absolute atomic E-state index is 10.8. The van der Waals surface area contributed by atoms with E-state index < -0.39 is 12.0 Å². The van der Waals surface area contributed by atoms with Crippen molar-refractivity contribution in [3.05, 3.63) is 0 Å². The highest BCUT2D eigenvalue weighted by Crippen LogP contribution is 2.05. The molecule has 7 heteroatoms. The summed E-state index contributed by atoms with van der Waals surface area (Å²) in [5.74, 6) is -1.19. The fourth-order valence-electron chi connectivity index (χ4n) is 0.857. The van der Waals surface area contributed by atoms with Crippen LogP contribution in [0.4, 0.5) is 0 Å². The summed E-state index contributed by atoms with van der Waals surface area (Å²) in [6, 6.07) is -0.899. The smallest absolute Gasteiger partial charge is 0.327 e. The second kappa shape index (κ2) is 8.35. The highest BCUT2D eigenvalue weighted by atomic mass is 32.2. The molecule has 0 aliphatic carbocycles. The number of carbonyl (C=O) groups excluding carboxylic acids is 1. The third kappa shape index (κ3) is 7.47. The number of carboxylic acids is 1. The van der Waals surface area contributed by atoms with Crippen LogP contribution in [0.3, 0.4) is 0 Å². The summed E-state index contributed by atoms with van der Waals surface area (Å²) in [6.07, 6.45) is 0.953. The summed E-state index contributed by atoms with van der Waals surface area (Å²) >= 11 is 6.20. The van der Waals surface area contributed by atoms with Gasteiger partial charge in [-0.3, -0.25) is 4.79 Å². The molecule has 0 fully saturated rings. The van der Waals surface area contributed by atoms with Gasteiger partial charge in [-0.2, -0.15) is 0 Å². The molecule has 0 saturated carbocycles. The maximum Gasteiger partial charge on any atom is 0.327 e. The molecule has 92 valence electrons. The Hall–Kier alpha value is -0.820. The van der Waals surface area contributed by atoms with E-state index in [1.165, 1.54) is 18.7 Å². The summed E-state index contributed by atoms with van der Waals surface area (Å²) in [4.78, 5) is 21.5. The number of thiocarbonyl (C=S) groups is 1. The van der Waals surface area contributed by atoms with Crippen molar-refractivity contribution >= 4 is 40.2 Å². The number of hydrogen-bond donors (Lipinski definition) is 3. The zero-order valence-corrected chi connectivity index (χ0v) is 10.9. The molecule has 16 heavy (non-hydrogen) atoms. The van der Waals surface area contributed by atoms with Gasteiger partial charge in [0.25, 0.3) is 0 Å². The molecule has 0 bridgehead atoms. The van der Waals surface area contributed by atoms with Gasteiger partial charge in [0, 0.05) is 19.2 Å². The molecule has 1 atom stereocenters. The molecule has 0 aromatic rings. The van der Waals surface area contributed by atoms with Crippen LogP contribution in [0.15, 0.2) is 0 Å². The minimum Gasteiger partial charge on any atom is -0.480 e. The third-order valence-corrected chi connectivity index (χ3v) is 2.98. The van der Waals surface area contributed by atoms with Crippen molar-refractivity contribution in [1.82, 2.24) is 10.6 Å². The standard InChI is InChI=1S/C9H16N2O3S2/c1-3-4-10-9(15)16-5-7(8(13)14)11-6(2)12/h7H,3-5H2,1-2H3,(H,10,15)(H,11,12)(H,13,14)/t7-/m0/s1. The van der Waals surface area contributed by atoms with Crippen molar-refractivity contribution in [3.63, 3.8) is 0 Å². The van der Waals surface area contributed by atoms with Gasteiger partial charge in [0.2, 0.25) is 5.91 Å². The molecule has 0 aliphatic heterocycles. The van der Waals surface area contributed by atoms with Crippen LogP contribution in [0.2, 0.25) is 0 Å². The van der Waals surface area contributed by atoms with E-state index in [2.05, 4.69) is 10.6 Å². The molecule has 0 aliphatic rings. The van der Waals surface area contributed by atoms with Gasteiger partial charge in [0.15, 0.2) is 0 Å². The van der Waals surface area contributed by atoms with E-state index in [-0.39, 0.29) is 11.7 Å². The van der Waals surface area contributed by atoms with Crippen LogP contribution in [0.5, 0.6) is 0 Å². The van der Waals surface area contributed by atoms with Crippen molar-refractivity contribution in [2.24, 2.45) is 0 Å². The predicted octanol–water partition coefficient (Wildman–Crippen LogP) is 0.593. The Bertz CT molecular complexity index is 271. The van der Waals surface area contributed by atoms with E-state index in [0.29, 0.717) is 4.32 Å². The Morgan fingerprint density at radius 1 is 1.50 bits per heavy atom. The predicted molar refractivity (Wildman–Crippen MR) is 68.6 cm³/mol. The topological polar surface area (TPSA) is 78.4 Å². The number of nitrogens with one attached hydrogen (secondary N) is 2. The SMILES string of the molecule is CCCNC(=S)SC[C@H](NC(C)=O)C(=O)O. The van der Waals surface area contributed by atoms with Crippen LogP contribution < -0.4 is 10.6 Å². The van der Waals surface area contributed by atoms with Gasteiger partial charge >= 0.3 is 5.97 Å². The first kappa shape index (κ1) is 15.2. The van der Waals surface area contributed by atoms with Crippen LogP contribution in [0.1, 0.15) is 20.3 Å². The minimum absolute atomic E-state index is 0.227. The lowest BCUT2D eigenvalue weighted by atomic mass is 10.3. The Morgan fingerprint density at radius 3 is 2.56 bits per heavy atom. The zero-order valence-electron chi connectivity index (χ0n) is 9.28. The minimum atomic E-state index is -1.05. The first-order valence-electron chi connectivity index (χ1n) is 4.88. The highest BCUT2D eigenvalue weighted by Gasteiger charge is 2.18. The monoisotopic (exact) mass is 264 g/mol. The summed E-state index contributed by atoms with van der Waals surface area (Å²) in [6.45, 7) is 4.07. The summed E-state index contributed by atoms with van der Waals surface area (Å²) in [5.41, 5.74) is 0. The van der Waals surface area contributed by atoms with E-state index >= 15 is 0 Å². The number of hydrogen-bond acceptors (Lipinski definition) is 4. The van der Waals surface area contributed by atoms with Crippen molar-refractivity contribution in [2.45, 2.75) is 26.3 Å². The lowest BCUT2D eigenvalue weighted by Gasteiger charge is -2.13. The maximum atomic E-state index is 10.8. The average molecular weight is 264 g/mol. The van der Waals surface area contributed by atoms with Crippen LogP contribution in [0, 0.1) is 0 Å². The lowest BCUT2D eigenvalue weighted by molar-refractivity contribution is -0.140. The molecule has 0 aromatic heterocycles. The summed E-state index contributed by atoms with van der Waals surface area (Å²) in [7, 11) is 0. The van der Waals surface area contributed by atoms with Crippen molar-refractivity contribution in [3.8, 4) is 0 Å².